The number of hydroxylamine groups is 1. The van der Waals surface area contributed by atoms with Crippen LogP contribution in [-0.4, -0.2) is 22.5 Å². The molecule has 0 saturated carbocycles. The average molecular weight is 100 g/mol. The van der Waals surface area contributed by atoms with E-state index in [-0.39, 0.29) is 12.3 Å². The molecule has 7 heavy (non-hydrogen) atoms. The number of hydrazone groups is 1. The van der Waals surface area contributed by atoms with E-state index in [0.717, 1.165) is 0 Å². The van der Waals surface area contributed by atoms with Gasteiger partial charge in [-0.25, -0.2) is 0 Å². The van der Waals surface area contributed by atoms with Crippen LogP contribution in [0.4, 0.5) is 0 Å². The topological polar surface area (TPSA) is 52.9 Å². The van der Waals surface area contributed by atoms with Gasteiger partial charge >= 0.3 is 0 Å². The number of rotatable bonds is 0. The predicted octanol–water partition coefficient (Wildman–Crippen LogP) is -0.406. The van der Waals surface area contributed by atoms with Crippen LogP contribution in [0.1, 0.15) is 6.42 Å². The molecule has 1 heterocycles. The second-order valence-electron chi connectivity index (χ2n) is 1.19. The first-order chi connectivity index (χ1) is 3.30. The van der Waals surface area contributed by atoms with E-state index in [1.54, 1.807) is 0 Å². The van der Waals surface area contributed by atoms with E-state index >= 15 is 0 Å². The van der Waals surface area contributed by atoms with Crippen LogP contribution in [-0.2, 0) is 4.79 Å². The van der Waals surface area contributed by atoms with E-state index in [2.05, 4.69) is 5.10 Å². The van der Waals surface area contributed by atoms with E-state index in [1.165, 1.54) is 6.21 Å². The van der Waals surface area contributed by atoms with Gasteiger partial charge in [0.05, 0.1) is 6.42 Å². The molecule has 0 aromatic carbocycles. The molecule has 0 aliphatic carbocycles. The molecular weight excluding hydrogens is 96.0 g/mol. The van der Waals surface area contributed by atoms with Gasteiger partial charge in [0, 0.05) is 6.21 Å². The SMILES string of the molecule is O=C1CC=NN1O. The molecular formula is C3H4N2O2. The number of hydrogen-bond acceptors (Lipinski definition) is 3. The Morgan fingerprint density at radius 3 is 2.86 bits per heavy atom. The van der Waals surface area contributed by atoms with Gasteiger partial charge in [-0.1, -0.05) is 0 Å². The highest BCUT2D eigenvalue weighted by atomic mass is 16.5. The first kappa shape index (κ1) is 4.26. The number of carbonyl (C=O) groups excluding carboxylic acids is 1. The summed E-state index contributed by atoms with van der Waals surface area (Å²) in [6.45, 7) is 0. The van der Waals surface area contributed by atoms with E-state index in [4.69, 9.17) is 5.21 Å². The molecule has 0 radical (unpaired) electrons. The summed E-state index contributed by atoms with van der Waals surface area (Å²) in [5.74, 6) is -0.375. The molecule has 0 saturated heterocycles. The molecule has 1 aliphatic heterocycles. The Labute approximate surface area is 40.0 Å². The van der Waals surface area contributed by atoms with Crippen molar-refractivity contribution in [3.05, 3.63) is 0 Å². The van der Waals surface area contributed by atoms with Crippen molar-refractivity contribution in [2.24, 2.45) is 5.10 Å². The lowest BCUT2D eigenvalue weighted by atomic mass is 10.5. The predicted molar refractivity (Wildman–Crippen MR) is 21.7 cm³/mol. The molecule has 0 fully saturated rings. The zero-order valence-corrected chi connectivity index (χ0v) is 3.53. The van der Waals surface area contributed by atoms with Gasteiger partial charge in [0.1, 0.15) is 0 Å². The van der Waals surface area contributed by atoms with E-state index < -0.39 is 0 Å². The minimum absolute atomic E-state index is 0.219. The van der Waals surface area contributed by atoms with Crippen LogP contribution in [0.3, 0.4) is 0 Å². The molecule has 1 amide bonds. The normalized spacial score (nSPS) is 19.0. The quantitative estimate of drug-likeness (QED) is 0.421. The summed E-state index contributed by atoms with van der Waals surface area (Å²) in [5.41, 5.74) is 0. The van der Waals surface area contributed by atoms with Crippen LogP contribution < -0.4 is 0 Å². The molecule has 1 N–H and O–H groups in total. The van der Waals surface area contributed by atoms with E-state index in [0.29, 0.717) is 5.17 Å². The van der Waals surface area contributed by atoms with Gasteiger partial charge in [0.2, 0.25) is 0 Å². The van der Waals surface area contributed by atoms with E-state index in [9.17, 15) is 4.79 Å². The molecule has 0 spiro atoms. The third-order valence-corrected chi connectivity index (χ3v) is 0.680. The fourth-order valence-corrected chi connectivity index (χ4v) is 0.342. The number of amides is 1. The van der Waals surface area contributed by atoms with Gasteiger partial charge in [0.25, 0.3) is 5.91 Å². The zero-order valence-electron chi connectivity index (χ0n) is 3.53. The zero-order chi connectivity index (χ0) is 5.28. The maximum Gasteiger partial charge on any atom is 0.274 e. The first-order valence-corrected chi connectivity index (χ1v) is 1.85. The monoisotopic (exact) mass is 100 g/mol. The highest BCUT2D eigenvalue weighted by molar-refractivity contribution is 5.92. The van der Waals surface area contributed by atoms with Gasteiger partial charge < -0.3 is 0 Å². The van der Waals surface area contributed by atoms with Crippen molar-refractivity contribution >= 4 is 12.1 Å². The van der Waals surface area contributed by atoms with Gasteiger partial charge in [-0.3, -0.25) is 10.0 Å². The molecule has 0 unspecified atom stereocenters. The lowest BCUT2D eigenvalue weighted by Gasteiger charge is -1.95. The van der Waals surface area contributed by atoms with Gasteiger partial charge in [-0.2, -0.15) is 5.10 Å². The molecule has 4 nitrogen and oxygen atoms in total. The molecule has 1 aliphatic rings. The maximum absolute atomic E-state index is 10.1. The minimum atomic E-state index is -0.375. The lowest BCUT2D eigenvalue weighted by molar-refractivity contribution is -0.160. The smallest absolute Gasteiger partial charge is 0.270 e. The first-order valence-electron chi connectivity index (χ1n) is 1.85. The van der Waals surface area contributed by atoms with Crippen LogP contribution in [0.2, 0.25) is 0 Å². The van der Waals surface area contributed by atoms with Gasteiger partial charge in [0.15, 0.2) is 0 Å². The van der Waals surface area contributed by atoms with Crippen molar-refractivity contribution in [2.75, 3.05) is 0 Å². The Hall–Kier alpha value is -0.900. The highest BCUT2D eigenvalue weighted by Gasteiger charge is 2.11. The number of nitrogens with zero attached hydrogens (tertiary/aromatic N) is 2. The van der Waals surface area contributed by atoms with Crippen LogP contribution in [0.15, 0.2) is 5.10 Å². The van der Waals surface area contributed by atoms with Gasteiger partial charge in [-0.15, -0.1) is 5.17 Å². The standard InChI is InChI=1S/C3H4N2O2/c6-3-1-2-4-5(3)7/h2,7H,1H2. The van der Waals surface area contributed by atoms with Crippen molar-refractivity contribution in [2.45, 2.75) is 6.42 Å². The summed E-state index contributed by atoms with van der Waals surface area (Å²) in [7, 11) is 0. The highest BCUT2D eigenvalue weighted by Crippen LogP contribution is 1.94. The average Bonchev–Trinajstić information content (AvgIpc) is 1.91. The summed E-state index contributed by atoms with van der Waals surface area (Å²) >= 11 is 0. The summed E-state index contributed by atoms with van der Waals surface area (Å²) < 4.78 is 0. The molecule has 0 bridgehead atoms. The third-order valence-electron chi connectivity index (χ3n) is 0.680. The third kappa shape index (κ3) is 0.592. The number of carbonyl (C=O) groups is 1. The molecule has 1 rings (SSSR count). The molecule has 4 heteroatoms. The van der Waals surface area contributed by atoms with Gasteiger partial charge in [-0.05, 0) is 0 Å². The van der Waals surface area contributed by atoms with Crippen molar-refractivity contribution < 1.29 is 10.0 Å². The Bertz CT molecular complexity index is 120. The van der Waals surface area contributed by atoms with Crippen molar-refractivity contribution in [1.29, 1.82) is 0 Å². The van der Waals surface area contributed by atoms with Crippen LogP contribution >= 0.6 is 0 Å². The minimum Gasteiger partial charge on any atom is -0.270 e. The van der Waals surface area contributed by atoms with Crippen molar-refractivity contribution in [3.8, 4) is 0 Å². The summed E-state index contributed by atoms with van der Waals surface area (Å²) in [5, 5.41) is 11.8. The molecule has 0 aromatic heterocycles. The maximum atomic E-state index is 10.1. The Kier molecular flexibility index (Phi) is 0.796. The van der Waals surface area contributed by atoms with Crippen LogP contribution in [0, 0.1) is 0 Å². The summed E-state index contributed by atoms with van der Waals surface area (Å²) in [6.07, 6.45) is 1.57. The second-order valence-corrected chi connectivity index (χ2v) is 1.19. The molecule has 0 atom stereocenters. The fraction of sp³-hybridized carbons (Fsp3) is 0.333. The fourth-order valence-electron chi connectivity index (χ4n) is 0.342. The molecule has 38 valence electrons. The Morgan fingerprint density at radius 2 is 2.71 bits per heavy atom. The Balaban J connectivity index is 2.62. The van der Waals surface area contributed by atoms with E-state index in [1.807, 2.05) is 0 Å². The summed E-state index contributed by atoms with van der Waals surface area (Å²) in [6, 6.07) is 0. The Morgan fingerprint density at radius 1 is 2.00 bits per heavy atom. The van der Waals surface area contributed by atoms with Crippen molar-refractivity contribution in [3.63, 3.8) is 0 Å². The van der Waals surface area contributed by atoms with Crippen LogP contribution in [0.5, 0.6) is 0 Å². The lowest BCUT2D eigenvalue weighted by Crippen LogP contribution is -2.14. The summed E-state index contributed by atoms with van der Waals surface area (Å²) in [4.78, 5) is 10.1. The van der Waals surface area contributed by atoms with Crippen molar-refractivity contribution in [1.82, 2.24) is 5.17 Å². The number of hydrogen-bond donors (Lipinski definition) is 1. The van der Waals surface area contributed by atoms with Crippen LogP contribution in [0.25, 0.3) is 0 Å². The largest absolute Gasteiger partial charge is 0.274 e. The molecule has 0 aromatic rings. The second kappa shape index (κ2) is 1.31.